The van der Waals surface area contributed by atoms with E-state index in [0.29, 0.717) is 39.8 Å². The van der Waals surface area contributed by atoms with E-state index < -0.39 is 6.04 Å². The molecule has 1 unspecified atom stereocenters. The molecule has 0 aliphatic carbocycles. The van der Waals surface area contributed by atoms with Gasteiger partial charge in [0.1, 0.15) is 17.9 Å². The van der Waals surface area contributed by atoms with Gasteiger partial charge in [-0.3, -0.25) is 9.59 Å². The molecule has 8 heteroatoms. The number of rotatable bonds is 6. The Hall–Kier alpha value is -4.23. The number of fused-ring (bicyclic) bond motifs is 3. The van der Waals surface area contributed by atoms with Crippen LogP contribution in [0.5, 0.6) is 17.2 Å². The van der Waals surface area contributed by atoms with Crippen LogP contribution >= 0.6 is 11.6 Å². The number of carbonyl (C=O) groups excluding carboxylic acids is 1. The number of hydrogen-bond donors (Lipinski definition) is 0. The molecule has 1 aromatic heterocycles. The monoisotopic (exact) mass is 501 g/mol. The molecular formula is C28H20ClNO6. The van der Waals surface area contributed by atoms with Gasteiger partial charge < -0.3 is 23.5 Å². The van der Waals surface area contributed by atoms with Gasteiger partial charge in [0, 0.05) is 11.6 Å². The van der Waals surface area contributed by atoms with Crippen molar-refractivity contribution in [3.05, 3.63) is 111 Å². The second-order valence-electron chi connectivity index (χ2n) is 8.51. The Morgan fingerprint density at radius 3 is 2.64 bits per heavy atom. The quantitative estimate of drug-likeness (QED) is 0.325. The molecule has 0 saturated heterocycles. The highest BCUT2D eigenvalue weighted by Gasteiger charge is 2.42. The van der Waals surface area contributed by atoms with Crippen LogP contribution < -0.4 is 19.6 Å². The van der Waals surface area contributed by atoms with Gasteiger partial charge in [0.15, 0.2) is 16.9 Å². The van der Waals surface area contributed by atoms with Crippen LogP contribution in [-0.4, -0.2) is 24.2 Å². The lowest BCUT2D eigenvalue weighted by atomic mass is 9.98. The third-order valence-electron chi connectivity index (χ3n) is 6.28. The van der Waals surface area contributed by atoms with E-state index in [-0.39, 0.29) is 36.0 Å². The fourth-order valence-electron chi connectivity index (χ4n) is 4.64. The number of benzene rings is 3. The molecule has 0 N–H and O–H groups in total. The summed E-state index contributed by atoms with van der Waals surface area (Å²) in [4.78, 5) is 29.0. The van der Waals surface area contributed by atoms with E-state index in [2.05, 4.69) is 6.58 Å². The van der Waals surface area contributed by atoms with E-state index in [1.807, 2.05) is 30.3 Å². The first kappa shape index (κ1) is 22.2. The first-order chi connectivity index (χ1) is 17.5. The molecule has 0 bridgehead atoms. The zero-order valence-corrected chi connectivity index (χ0v) is 19.8. The maximum atomic E-state index is 13.7. The van der Waals surface area contributed by atoms with E-state index in [1.54, 1.807) is 41.3 Å². The maximum absolute atomic E-state index is 13.7. The molecule has 7 nitrogen and oxygen atoms in total. The number of halogens is 1. The van der Waals surface area contributed by atoms with Crippen LogP contribution in [0.2, 0.25) is 5.02 Å². The highest BCUT2D eigenvalue weighted by Crippen LogP contribution is 2.41. The van der Waals surface area contributed by atoms with E-state index in [1.165, 1.54) is 0 Å². The topological polar surface area (TPSA) is 78.2 Å². The van der Waals surface area contributed by atoms with Gasteiger partial charge in [-0.15, -0.1) is 0 Å². The van der Waals surface area contributed by atoms with E-state index in [0.717, 1.165) is 11.1 Å². The number of nitrogens with zero attached hydrogens (tertiary/aromatic N) is 1. The largest absolute Gasteiger partial charge is 0.490 e. The highest BCUT2D eigenvalue weighted by atomic mass is 35.5. The van der Waals surface area contributed by atoms with Crippen molar-refractivity contribution in [1.29, 1.82) is 0 Å². The number of carbonyl (C=O) groups is 1. The van der Waals surface area contributed by atoms with Crippen molar-refractivity contribution in [3.8, 4) is 17.2 Å². The fourth-order valence-corrected chi connectivity index (χ4v) is 4.81. The van der Waals surface area contributed by atoms with Crippen molar-refractivity contribution in [2.24, 2.45) is 0 Å². The molecule has 1 amide bonds. The Balaban J connectivity index is 1.47. The van der Waals surface area contributed by atoms with Crippen LogP contribution in [0.4, 0.5) is 0 Å². The van der Waals surface area contributed by atoms with Gasteiger partial charge in [-0.1, -0.05) is 42.5 Å². The third kappa shape index (κ3) is 3.69. The normalized spacial score (nSPS) is 15.9. The van der Waals surface area contributed by atoms with Gasteiger partial charge >= 0.3 is 0 Å². The average molecular weight is 502 g/mol. The first-order valence-electron chi connectivity index (χ1n) is 11.3. The molecule has 6 rings (SSSR count). The van der Waals surface area contributed by atoms with Gasteiger partial charge in [-0.25, -0.2) is 0 Å². The summed E-state index contributed by atoms with van der Waals surface area (Å²) in [5.41, 5.74) is 1.90. The number of ether oxygens (including phenoxy) is 3. The van der Waals surface area contributed by atoms with Gasteiger partial charge in [-0.2, -0.15) is 0 Å². The summed E-state index contributed by atoms with van der Waals surface area (Å²) in [6.07, 6.45) is 1.66. The third-order valence-corrected chi connectivity index (χ3v) is 6.52. The number of amides is 1. The molecule has 1 atom stereocenters. The van der Waals surface area contributed by atoms with Crippen molar-refractivity contribution in [3.63, 3.8) is 0 Å². The Morgan fingerprint density at radius 1 is 1.03 bits per heavy atom. The summed E-state index contributed by atoms with van der Waals surface area (Å²) in [5.74, 6) is 1.59. The van der Waals surface area contributed by atoms with E-state index in [4.69, 9.17) is 30.2 Å². The van der Waals surface area contributed by atoms with E-state index >= 15 is 0 Å². The Labute approximate surface area is 211 Å². The molecule has 4 aromatic rings. The van der Waals surface area contributed by atoms with Crippen LogP contribution in [0.3, 0.4) is 0 Å². The van der Waals surface area contributed by atoms with Gasteiger partial charge in [-0.05, 0) is 53.6 Å². The zero-order chi connectivity index (χ0) is 24.8. The zero-order valence-electron chi connectivity index (χ0n) is 19.0. The molecule has 0 radical (unpaired) electrons. The van der Waals surface area contributed by atoms with Crippen LogP contribution in [0, 0.1) is 0 Å². The molecule has 0 spiro atoms. The smallest absolute Gasteiger partial charge is 0.291 e. The highest BCUT2D eigenvalue weighted by molar-refractivity contribution is 6.31. The summed E-state index contributed by atoms with van der Waals surface area (Å²) < 4.78 is 22.5. The summed E-state index contributed by atoms with van der Waals surface area (Å²) >= 11 is 6.16. The molecule has 2 aliphatic heterocycles. The van der Waals surface area contributed by atoms with Crippen molar-refractivity contribution in [1.82, 2.24) is 4.90 Å². The second-order valence-corrected chi connectivity index (χ2v) is 8.94. The summed E-state index contributed by atoms with van der Waals surface area (Å²) in [7, 11) is 0. The molecule has 3 heterocycles. The minimum absolute atomic E-state index is 0.0348. The Bertz CT molecular complexity index is 1580. The molecule has 2 aliphatic rings. The maximum Gasteiger partial charge on any atom is 0.291 e. The first-order valence-corrected chi connectivity index (χ1v) is 11.7. The average Bonchev–Trinajstić information content (AvgIpc) is 3.46. The molecule has 3 aromatic carbocycles. The summed E-state index contributed by atoms with van der Waals surface area (Å²) in [6, 6.07) is 17.0. The molecule has 36 heavy (non-hydrogen) atoms. The molecule has 0 saturated carbocycles. The fraction of sp³-hybridized carbons (Fsp3) is 0.143. The lowest BCUT2D eigenvalue weighted by molar-refractivity contribution is 0.0714. The second kappa shape index (κ2) is 8.77. The Morgan fingerprint density at radius 2 is 1.83 bits per heavy atom. The van der Waals surface area contributed by atoms with Gasteiger partial charge in [0.05, 0.1) is 17.0 Å². The SMILES string of the molecule is C=CCOc1ccc(C2c3c(oc4ccc(Cl)cc4c3=O)C(=O)N2Cc2ccc3c(c2)OCO3)cc1. The van der Waals surface area contributed by atoms with Crippen LogP contribution in [0.15, 0.2) is 82.5 Å². The van der Waals surface area contributed by atoms with Crippen molar-refractivity contribution in [2.75, 3.05) is 13.4 Å². The summed E-state index contributed by atoms with van der Waals surface area (Å²) in [5, 5.41) is 0.742. The Kier molecular flexibility index (Phi) is 5.42. The molecule has 0 fully saturated rings. The van der Waals surface area contributed by atoms with Gasteiger partial charge in [0.25, 0.3) is 5.91 Å². The predicted molar refractivity (Wildman–Crippen MR) is 134 cm³/mol. The molecular weight excluding hydrogens is 482 g/mol. The van der Waals surface area contributed by atoms with Crippen molar-refractivity contribution in [2.45, 2.75) is 12.6 Å². The van der Waals surface area contributed by atoms with Crippen LogP contribution in [0.1, 0.15) is 33.3 Å². The minimum atomic E-state index is -0.661. The standard InChI is InChI=1S/C28H20ClNO6/c1-2-11-33-19-7-4-17(5-8-19)25-24-26(31)20-13-18(29)6-10-21(20)36-27(24)28(32)30(25)14-16-3-9-22-23(12-16)35-15-34-22/h2-10,12-13,25H,1,11,14-15H2. The lowest BCUT2D eigenvalue weighted by Gasteiger charge is -2.25. The number of hydrogen-bond acceptors (Lipinski definition) is 6. The van der Waals surface area contributed by atoms with Crippen molar-refractivity contribution >= 4 is 28.5 Å². The van der Waals surface area contributed by atoms with Crippen LogP contribution in [-0.2, 0) is 6.54 Å². The van der Waals surface area contributed by atoms with Crippen LogP contribution in [0.25, 0.3) is 11.0 Å². The molecule has 180 valence electrons. The van der Waals surface area contributed by atoms with Crippen molar-refractivity contribution < 1.29 is 23.4 Å². The summed E-state index contributed by atoms with van der Waals surface area (Å²) in [6.45, 7) is 4.42. The predicted octanol–water partition coefficient (Wildman–Crippen LogP) is 5.49. The van der Waals surface area contributed by atoms with Gasteiger partial charge in [0.2, 0.25) is 12.6 Å². The minimum Gasteiger partial charge on any atom is -0.490 e. The lowest BCUT2D eigenvalue weighted by Crippen LogP contribution is -2.29. The van der Waals surface area contributed by atoms with E-state index in [9.17, 15) is 9.59 Å².